The quantitative estimate of drug-likeness (QED) is 0.342. The van der Waals surface area contributed by atoms with Crippen LogP contribution in [0.2, 0.25) is 0 Å². The van der Waals surface area contributed by atoms with Crippen LogP contribution in [-0.4, -0.2) is 61.9 Å². The molecule has 0 aliphatic carbocycles. The van der Waals surface area contributed by atoms with Gasteiger partial charge in [-0.1, -0.05) is 71.9 Å². The minimum Gasteiger partial charge on any atom is -0.351 e. The second-order valence-electron chi connectivity index (χ2n) is 9.30. The van der Waals surface area contributed by atoms with Gasteiger partial charge in [-0.05, 0) is 29.3 Å². The number of benzene rings is 3. The number of carbonyl (C=O) groups excluding carboxylic acids is 1. The number of halogens is 1. The second kappa shape index (κ2) is 10.4. The van der Waals surface area contributed by atoms with Crippen molar-refractivity contribution in [3.63, 3.8) is 0 Å². The molecule has 3 heterocycles. The van der Waals surface area contributed by atoms with Gasteiger partial charge in [-0.3, -0.25) is 4.79 Å². The van der Waals surface area contributed by atoms with Crippen molar-refractivity contribution in [3.05, 3.63) is 108 Å². The highest BCUT2D eigenvalue weighted by atomic mass is 19.1. The van der Waals surface area contributed by atoms with Gasteiger partial charge < -0.3 is 9.80 Å². The molecular formula is C29H26FN7O. The van der Waals surface area contributed by atoms with Crippen LogP contribution < -0.4 is 4.90 Å². The maximum atomic E-state index is 13.8. The van der Waals surface area contributed by atoms with E-state index in [1.54, 1.807) is 12.1 Å². The lowest BCUT2D eigenvalue weighted by molar-refractivity contribution is -0.131. The molecular weight excluding hydrogens is 481 g/mol. The lowest BCUT2D eigenvalue weighted by Crippen LogP contribution is -2.49. The van der Waals surface area contributed by atoms with Gasteiger partial charge in [0.15, 0.2) is 17.0 Å². The maximum Gasteiger partial charge on any atom is 0.223 e. The van der Waals surface area contributed by atoms with E-state index in [1.807, 2.05) is 41.3 Å². The highest BCUT2D eigenvalue weighted by Crippen LogP contribution is 2.29. The Hall–Kier alpha value is -4.66. The standard InChI is InChI=1S/C29H26FN7O/c30-23-12-7-13-24(18-23)37-29-27(33-34-37)28(31-20-32-29)36-16-14-35(15-17-36)26(38)19-25(21-8-3-1-4-9-21)22-10-5-2-6-11-22/h1-13,18,20,25H,14-17,19H2. The second-order valence-corrected chi connectivity index (χ2v) is 9.30. The van der Waals surface area contributed by atoms with Gasteiger partial charge in [-0.2, -0.15) is 4.68 Å². The summed E-state index contributed by atoms with van der Waals surface area (Å²) in [5.41, 5.74) is 3.86. The monoisotopic (exact) mass is 507 g/mol. The van der Waals surface area contributed by atoms with E-state index in [1.165, 1.54) is 23.1 Å². The van der Waals surface area contributed by atoms with Crippen LogP contribution in [0.15, 0.2) is 91.3 Å². The first-order valence-electron chi connectivity index (χ1n) is 12.6. The number of nitrogens with zero attached hydrogens (tertiary/aromatic N) is 7. The van der Waals surface area contributed by atoms with Gasteiger partial charge >= 0.3 is 0 Å². The SMILES string of the molecule is O=C(CC(c1ccccc1)c1ccccc1)N1CCN(c2ncnc3c2nnn3-c2cccc(F)c2)CC1. The first-order chi connectivity index (χ1) is 18.7. The predicted molar refractivity (Wildman–Crippen MR) is 143 cm³/mol. The largest absolute Gasteiger partial charge is 0.351 e. The van der Waals surface area contributed by atoms with Gasteiger partial charge in [-0.25, -0.2) is 14.4 Å². The smallest absolute Gasteiger partial charge is 0.223 e. The Labute approximate surface area is 219 Å². The lowest BCUT2D eigenvalue weighted by atomic mass is 9.88. The summed E-state index contributed by atoms with van der Waals surface area (Å²) < 4.78 is 15.3. The molecule has 1 aliphatic heterocycles. The van der Waals surface area contributed by atoms with Gasteiger partial charge in [0, 0.05) is 38.5 Å². The third kappa shape index (κ3) is 4.70. The highest BCUT2D eigenvalue weighted by molar-refractivity contribution is 5.84. The average molecular weight is 508 g/mol. The molecule has 1 amide bonds. The van der Waals surface area contributed by atoms with Crippen LogP contribution in [0.3, 0.4) is 0 Å². The third-order valence-corrected chi connectivity index (χ3v) is 6.99. The van der Waals surface area contributed by atoms with E-state index in [0.717, 1.165) is 11.1 Å². The summed E-state index contributed by atoms with van der Waals surface area (Å²) in [4.78, 5) is 26.3. The van der Waals surface area contributed by atoms with E-state index < -0.39 is 0 Å². The molecule has 5 aromatic rings. The fourth-order valence-electron chi connectivity index (χ4n) is 5.02. The molecule has 0 saturated carbocycles. The molecule has 2 aromatic heterocycles. The molecule has 0 spiro atoms. The minimum atomic E-state index is -0.358. The molecule has 38 heavy (non-hydrogen) atoms. The zero-order valence-corrected chi connectivity index (χ0v) is 20.7. The molecule has 3 aromatic carbocycles. The molecule has 9 heteroatoms. The molecule has 0 unspecified atom stereocenters. The maximum absolute atomic E-state index is 13.8. The molecule has 1 saturated heterocycles. The number of aromatic nitrogens is 5. The van der Waals surface area contributed by atoms with Crippen molar-refractivity contribution in [1.82, 2.24) is 29.9 Å². The molecule has 6 rings (SSSR count). The number of rotatable bonds is 6. The summed E-state index contributed by atoms with van der Waals surface area (Å²) in [6, 6.07) is 26.5. The minimum absolute atomic E-state index is 0.00211. The molecule has 1 fully saturated rings. The lowest BCUT2D eigenvalue weighted by Gasteiger charge is -2.36. The number of hydrogen-bond acceptors (Lipinski definition) is 6. The van der Waals surface area contributed by atoms with Crippen molar-refractivity contribution >= 4 is 22.9 Å². The van der Waals surface area contributed by atoms with E-state index in [2.05, 4.69) is 49.4 Å². The van der Waals surface area contributed by atoms with Gasteiger partial charge in [-0.15, -0.1) is 5.10 Å². The van der Waals surface area contributed by atoms with Gasteiger partial charge in [0.2, 0.25) is 5.91 Å². The fraction of sp³-hybridized carbons (Fsp3) is 0.207. The predicted octanol–water partition coefficient (Wildman–Crippen LogP) is 4.22. The number of piperazine rings is 1. The van der Waals surface area contributed by atoms with Crippen molar-refractivity contribution in [2.24, 2.45) is 0 Å². The number of fused-ring (bicyclic) bond motifs is 1. The fourth-order valence-corrected chi connectivity index (χ4v) is 5.02. The zero-order chi connectivity index (χ0) is 25.9. The molecule has 0 bridgehead atoms. The zero-order valence-electron chi connectivity index (χ0n) is 20.7. The third-order valence-electron chi connectivity index (χ3n) is 6.99. The Morgan fingerprint density at radius 2 is 1.53 bits per heavy atom. The summed E-state index contributed by atoms with van der Waals surface area (Å²) in [5, 5.41) is 8.51. The van der Waals surface area contributed by atoms with Gasteiger partial charge in [0.05, 0.1) is 5.69 Å². The number of anilines is 1. The molecule has 1 aliphatic rings. The van der Waals surface area contributed by atoms with Crippen LogP contribution in [0.5, 0.6) is 0 Å². The average Bonchev–Trinajstić information content (AvgIpc) is 3.41. The van der Waals surface area contributed by atoms with Crippen LogP contribution in [-0.2, 0) is 4.79 Å². The van der Waals surface area contributed by atoms with Gasteiger partial charge in [0.1, 0.15) is 12.1 Å². The van der Waals surface area contributed by atoms with Crippen LogP contribution >= 0.6 is 0 Å². The van der Waals surface area contributed by atoms with E-state index >= 15 is 0 Å². The summed E-state index contributed by atoms with van der Waals surface area (Å²) in [7, 11) is 0. The Morgan fingerprint density at radius 3 is 2.18 bits per heavy atom. The summed E-state index contributed by atoms with van der Waals surface area (Å²) >= 11 is 0. The van der Waals surface area contributed by atoms with Crippen molar-refractivity contribution in [2.45, 2.75) is 12.3 Å². The van der Waals surface area contributed by atoms with Crippen LogP contribution in [0.1, 0.15) is 23.5 Å². The topological polar surface area (TPSA) is 80.0 Å². The molecule has 0 radical (unpaired) electrons. The number of carbonyl (C=O) groups is 1. The van der Waals surface area contributed by atoms with Crippen molar-refractivity contribution in [1.29, 1.82) is 0 Å². The Bertz CT molecular complexity index is 1510. The molecule has 8 nitrogen and oxygen atoms in total. The first-order valence-corrected chi connectivity index (χ1v) is 12.6. The van der Waals surface area contributed by atoms with Gasteiger partial charge in [0.25, 0.3) is 0 Å². The number of hydrogen-bond donors (Lipinski definition) is 0. The van der Waals surface area contributed by atoms with Crippen LogP contribution in [0, 0.1) is 5.82 Å². The molecule has 0 atom stereocenters. The Balaban J connectivity index is 1.17. The summed E-state index contributed by atoms with van der Waals surface area (Å²) in [6.45, 7) is 2.40. The van der Waals surface area contributed by atoms with E-state index in [4.69, 9.17) is 0 Å². The van der Waals surface area contributed by atoms with Crippen LogP contribution in [0.25, 0.3) is 16.9 Å². The molecule has 190 valence electrons. The molecule has 0 N–H and O–H groups in total. The highest BCUT2D eigenvalue weighted by Gasteiger charge is 2.27. The van der Waals surface area contributed by atoms with E-state index in [-0.39, 0.29) is 17.6 Å². The normalized spacial score (nSPS) is 13.8. The van der Waals surface area contributed by atoms with Crippen LogP contribution in [0.4, 0.5) is 10.2 Å². The summed E-state index contributed by atoms with van der Waals surface area (Å²) in [6.07, 6.45) is 1.88. The Morgan fingerprint density at radius 1 is 0.842 bits per heavy atom. The first kappa shape index (κ1) is 23.7. The Kier molecular flexibility index (Phi) is 6.47. The number of amides is 1. The summed E-state index contributed by atoms with van der Waals surface area (Å²) in [5.74, 6) is 0.439. The van der Waals surface area contributed by atoms with Crippen molar-refractivity contribution in [2.75, 3.05) is 31.1 Å². The van der Waals surface area contributed by atoms with Crippen molar-refractivity contribution < 1.29 is 9.18 Å². The van der Waals surface area contributed by atoms with Crippen molar-refractivity contribution in [3.8, 4) is 5.69 Å². The van der Waals surface area contributed by atoms with E-state index in [9.17, 15) is 9.18 Å². The van der Waals surface area contributed by atoms with E-state index in [0.29, 0.717) is 55.3 Å².